The summed E-state index contributed by atoms with van der Waals surface area (Å²) in [6.45, 7) is 4.31. The molecule has 1 aliphatic heterocycles. The summed E-state index contributed by atoms with van der Waals surface area (Å²) in [4.78, 5) is 18.7. The summed E-state index contributed by atoms with van der Waals surface area (Å²) in [5, 5.41) is 8.43. The summed E-state index contributed by atoms with van der Waals surface area (Å²) in [6.07, 6.45) is 7.41. The maximum atomic E-state index is 12.3. The van der Waals surface area contributed by atoms with Crippen LogP contribution in [-0.2, 0) is 13.1 Å². The van der Waals surface area contributed by atoms with Gasteiger partial charge >= 0.3 is 0 Å². The van der Waals surface area contributed by atoms with E-state index in [1.807, 2.05) is 19.1 Å². The molecule has 1 atom stereocenters. The first-order valence-corrected chi connectivity index (χ1v) is 8.83. The van der Waals surface area contributed by atoms with Gasteiger partial charge in [0.05, 0.1) is 18.4 Å². The summed E-state index contributed by atoms with van der Waals surface area (Å²) < 4.78 is 6.75. The minimum atomic E-state index is -0.0733. The van der Waals surface area contributed by atoms with Crippen LogP contribution in [0.1, 0.15) is 24.2 Å². The van der Waals surface area contributed by atoms with Crippen LogP contribution in [0.4, 0.5) is 0 Å². The Bertz CT molecular complexity index is 934. The minimum absolute atomic E-state index is 0.0733. The molecule has 1 aliphatic rings. The number of pyridine rings is 1. The molecule has 4 heterocycles. The maximum absolute atomic E-state index is 12.3. The smallest absolute Gasteiger partial charge is 0.266 e. The number of aryl methyl sites for hydroxylation is 1. The zero-order valence-corrected chi connectivity index (χ0v) is 14.7. The number of rotatable bonds is 5. The Morgan fingerprint density at radius 1 is 1.23 bits per heavy atom. The fourth-order valence-corrected chi connectivity index (χ4v) is 3.46. The van der Waals surface area contributed by atoms with Crippen molar-refractivity contribution in [1.29, 1.82) is 0 Å². The minimum Gasteiger partial charge on any atom is -0.361 e. The summed E-state index contributed by atoms with van der Waals surface area (Å²) in [6, 6.07) is 7.43. The second-order valence-electron chi connectivity index (χ2n) is 6.65. The van der Waals surface area contributed by atoms with E-state index >= 15 is 0 Å². The average Bonchev–Trinajstić information content (AvgIpc) is 3.27. The zero-order chi connectivity index (χ0) is 17.9. The van der Waals surface area contributed by atoms with Crippen LogP contribution in [0.2, 0.25) is 0 Å². The molecule has 0 N–H and O–H groups in total. The van der Waals surface area contributed by atoms with Crippen molar-refractivity contribution < 1.29 is 4.52 Å². The first-order chi connectivity index (χ1) is 12.7. The highest BCUT2D eigenvalue weighted by Crippen LogP contribution is 2.22. The lowest BCUT2D eigenvalue weighted by atomic mass is 10.2. The topological polar surface area (TPSA) is 77.1 Å². The molecular formula is C19H21N5O2. The van der Waals surface area contributed by atoms with Crippen molar-refractivity contribution >= 4 is 0 Å². The van der Waals surface area contributed by atoms with E-state index in [0.29, 0.717) is 6.54 Å². The summed E-state index contributed by atoms with van der Waals surface area (Å²) in [5.74, 6) is 0.852. The Labute approximate surface area is 151 Å². The molecule has 0 bridgehead atoms. The van der Waals surface area contributed by atoms with E-state index in [2.05, 4.69) is 20.1 Å². The lowest BCUT2D eigenvalue weighted by molar-refractivity contribution is 0.215. The highest BCUT2D eigenvalue weighted by Gasteiger charge is 2.26. The van der Waals surface area contributed by atoms with Gasteiger partial charge in [-0.05, 0) is 44.5 Å². The van der Waals surface area contributed by atoms with Crippen LogP contribution in [0.15, 0.2) is 52.2 Å². The van der Waals surface area contributed by atoms with Crippen molar-refractivity contribution in [3.63, 3.8) is 0 Å². The number of nitrogens with zero attached hydrogens (tertiary/aromatic N) is 5. The molecule has 134 valence electrons. The summed E-state index contributed by atoms with van der Waals surface area (Å²) >= 11 is 0. The molecule has 1 unspecified atom stereocenters. The van der Waals surface area contributed by atoms with Gasteiger partial charge in [0.1, 0.15) is 5.76 Å². The van der Waals surface area contributed by atoms with Crippen LogP contribution in [0.25, 0.3) is 11.3 Å². The standard InChI is InChI=1S/C19H21N5O2/c1-14-16(11-21-26-14)12-23-10-2-3-17(23)13-24-19(25)5-4-18(22-24)15-6-8-20-9-7-15/h4-9,11,17H,2-3,10,12-13H2,1H3. The van der Waals surface area contributed by atoms with E-state index < -0.39 is 0 Å². The molecule has 0 amide bonds. The molecule has 0 aromatic carbocycles. The quantitative estimate of drug-likeness (QED) is 0.702. The van der Waals surface area contributed by atoms with Crippen LogP contribution >= 0.6 is 0 Å². The van der Waals surface area contributed by atoms with Gasteiger partial charge in [-0.25, -0.2) is 4.68 Å². The van der Waals surface area contributed by atoms with Crippen LogP contribution in [0.5, 0.6) is 0 Å². The van der Waals surface area contributed by atoms with Crippen molar-refractivity contribution in [3.8, 4) is 11.3 Å². The third kappa shape index (κ3) is 3.43. The predicted octanol–water partition coefficient (Wildman–Crippen LogP) is 2.27. The molecule has 4 rings (SSSR count). The van der Waals surface area contributed by atoms with Crippen molar-refractivity contribution in [2.75, 3.05) is 6.54 Å². The second kappa shape index (κ2) is 7.21. The van der Waals surface area contributed by atoms with Crippen molar-refractivity contribution in [1.82, 2.24) is 24.8 Å². The average molecular weight is 351 g/mol. The summed E-state index contributed by atoms with van der Waals surface area (Å²) in [7, 11) is 0. The lowest BCUT2D eigenvalue weighted by Gasteiger charge is -2.24. The van der Waals surface area contributed by atoms with Gasteiger partial charge in [0.2, 0.25) is 0 Å². The van der Waals surface area contributed by atoms with Gasteiger partial charge in [-0.3, -0.25) is 14.7 Å². The molecule has 0 aliphatic carbocycles. The van der Waals surface area contributed by atoms with E-state index in [4.69, 9.17) is 4.52 Å². The van der Waals surface area contributed by atoms with Gasteiger partial charge in [-0.2, -0.15) is 5.10 Å². The Kier molecular flexibility index (Phi) is 4.62. The van der Waals surface area contributed by atoms with Crippen LogP contribution in [0, 0.1) is 6.92 Å². The third-order valence-electron chi connectivity index (χ3n) is 4.95. The molecule has 3 aromatic rings. The highest BCUT2D eigenvalue weighted by molar-refractivity contribution is 5.56. The highest BCUT2D eigenvalue weighted by atomic mass is 16.5. The third-order valence-corrected chi connectivity index (χ3v) is 4.95. The predicted molar refractivity (Wildman–Crippen MR) is 96.4 cm³/mol. The molecule has 3 aromatic heterocycles. The van der Waals surface area contributed by atoms with E-state index in [-0.39, 0.29) is 11.6 Å². The van der Waals surface area contributed by atoms with Crippen LogP contribution in [-0.4, -0.2) is 37.4 Å². The Morgan fingerprint density at radius 3 is 2.85 bits per heavy atom. The molecule has 1 fully saturated rings. The number of hydrogen-bond donors (Lipinski definition) is 0. The largest absolute Gasteiger partial charge is 0.361 e. The van der Waals surface area contributed by atoms with E-state index in [1.165, 1.54) is 0 Å². The van der Waals surface area contributed by atoms with Crippen molar-refractivity contribution in [3.05, 3.63) is 64.5 Å². The Hall–Kier alpha value is -2.80. The molecule has 7 nitrogen and oxygen atoms in total. The first kappa shape index (κ1) is 16.7. The summed E-state index contributed by atoms with van der Waals surface area (Å²) in [5.41, 5.74) is 2.77. The molecule has 7 heteroatoms. The first-order valence-electron chi connectivity index (χ1n) is 8.83. The SMILES string of the molecule is Cc1oncc1CN1CCCC1Cn1nc(-c2ccncc2)ccc1=O. The van der Waals surface area contributed by atoms with Gasteiger partial charge < -0.3 is 4.52 Å². The van der Waals surface area contributed by atoms with Gasteiger partial charge in [0, 0.05) is 42.2 Å². The number of hydrogen-bond acceptors (Lipinski definition) is 6. The Balaban J connectivity index is 1.54. The van der Waals surface area contributed by atoms with E-state index in [9.17, 15) is 4.79 Å². The van der Waals surface area contributed by atoms with Gasteiger partial charge in [-0.15, -0.1) is 0 Å². The van der Waals surface area contributed by atoms with E-state index in [0.717, 1.165) is 48.5 Å². The van der Waals surface area contributed by atoms with Crippen LogP contribution < -0.4 is 5.56 Å². The number of aromatic nitrogens is 4. The van der Waals surface area contributed by atoms with Gasteiger partial charge in [0.15, 0.2) is 0 Å². The molecular weight excluding hydrogens is 330 g/mol. The monoisotopic (exact) mass is 351 g/mol. The maximum Gasteiger partial charge on any atom is 0.266 e. The van der Waals surface area contributed by atoms with Gasteiger partial charge in [0.25, 0.3) is 5.56 Å². The van der Waals surface area contributed by atoms with Crippen molar-refractivity contribution in [2.45, 2.75) is 38.9 Å². The normalized spacial score (nSPS) is 17.7. The van der Waals surface area contributed by atoms with Crippen LogP contribution in [0.3, 0.4) is 0 Å². The molecule has 0 saturated carbocycles. The molecule has 26 heavy (non-hydrogen) atoms. The second-order valence-corrected chi connectivity index (χ2v) is 6.65. The Morgan fingerprint density at radius 2 is 2.08 bits per heavy atom. The zero-order valence-electron chi connectivity index (χ0n) is 14.7. The molecule has 0 spiro atoms. The van der Waals surface area contributed by atoms with Gasteiger partial charge in [-0.1, -0.05) is 5.16 Å². The fourth-order valence-electron chi connectivity index (χ4n) is 3.46. The lowest BCUT2D eigenvalue weighted by Crippen LogP contribution is -2.36. The van der Waals surface area contributed by atoms with E-state index in [1.54, 1.807) is 35.4 Å². The fraction of sp³-hybridized carbons (Fsp3) is 0.368. The number of likely N-dealkylation sites (tertiary alicyclic amines) is 1. The molecule has 0 radical (unpaired) electrons. The molecule has 1 saturated heterocycles. The van der Waals surface area contributed by atoms with Crippen molar-refractivity contribution in [2.24, 2.45) is 0 Å².